The third-order valence-electron chi connectivity index (χ3n) is 2.68. The summed E-state index contributed by atoms with van der Waals surface area (Å²) in [6, 6.07) is 6.85. The van der Waals surface area contributed by atoms with Crippen molar-refractivity contribution in [3.63, 3.8) is 0 Å². The molecule has 2 rings (SSSR count). The van der Waals surface area contributed by atoms with Gasteiger partial charge >= 0.3 is 0 Å². The minimum absolute atomic E-state index is 0.225. The number of nitrogens with zero attached hydrogens (tertiary/aromatic N) is 3. The molecule has 0 spiro atoms. The first-order valence-electron chi connectivity index (χ1n) is 5.68. The largest absolute Gasteiger partial charge is 0.495 e. The third-order valence-corrected chi connectivity index (χ3v) is 2.68. The van der Waals surface area contributed by atoms with Gasteiger partial charge in [0.15, 0.2) is 6.29 Å². The molecule has 20 heavy (non-hydrogen) atoms. The Morgan fingerprint density at radius 1 is 1.25 bits per heavy atom. The van der Waals surface area contributed by atoms with Crippen LogP contribution in [-0.2, 0) is 0 Å². The van der Waals surface area contributed by atoms with Crippen LogP contribution in [0.3, 0.4) is 0 Å². The van der Waals surface area contributed by atoms with Crippen molar-refractivity contribution in [3.05, 3.63) is 35.5 Å². The van der Waals surface area contributed by atoms with Crippen LogP contribution in [0.15, 0.2) is 24.4 Å². The summed E-state index contributed by atoms with van der Waals surface area (Å²) in [6.45, 7) is 0. The molecule has 0 fully saturated rings. The van der Waals surface area contributed by atoms with Crippen LogP contribution in [-0.4, -0.2) is 30.5 Å². The van der Waals surface area contributed by atoms with Gasteiger partial charge in [0, 0.05) is 12.3 Å². The lowest BCUT2D eigenvalue weighted by atomic mass is 10.2. The number of aldehydes is 1. The first kappa shape index (κ1) is 13.5. The predicted molar refractivity (Wildman–Crippen MR) is 70.7 cm³/mol. The lowest BCUT2D eigenvalue weighted by Crippen LogP contribution is -1.97. The van der Waals surface area contributed by atoms with Crippen LogP contribution < -0.4 is 9.47 Å². The van der Waals surface area contributed by atoms with E-state index in [1.165, 1.54) is 20.4 Å². The topological polar surface area (TPSA) is 85.1 Å². The van der Waals surface area contributed by atoms with Crippen molar-refractivity contribution in [2.24, 2.45) is 0 Å². The standard InChI is InChI=1S/C14H11N3O3/c1-19-13-5-12(16-7-10(13)6-15)11-4-3-9(8-18)14(17-11)20-2/h3-5,7-8H,1-2H3. The highest BCUT2D eigenvalue weighted by Crippen LogP contribution is 2.25. The van der Waals surface area contributed by atoms with Crippen LogP contribution in [0.25, 0.3) is 11.4 Å². The molecule has 0 N–H and O–H groups in total. The SMILES string of the molecule is COc1cc(-c2ccc(C=O)c(OC)n2)ncc1C#N. The molecule has 2 heterocycles. The van der Waals surface area contributed by atoms with Crippen LogP contribution in [0.1, 0.15) is 15.9 Å². The van der Waals surface area contributed by atoms with Gasteiger partial charge in [0.25, 0.3) is 0 Å². The maximum atomic E-state index is 10.8. The normalized spacial score (nSPS) is 9.65. The summed E-state index contributed by atoms with van der Waals surface area (Å²) in [5, 5.41) is 8.92. The summed E-state index contributed by atoms with van der Waals surface area (Å²) >= 11 is 0. The monoisotopic (exact) mass is 269 g/mol. The summed E-state index contributed by atoms with van der Waals surface area (Å²) < 4.78 is 10.2. The van der Waals surface area contributed by atoms with Gasteiger partial charge in [0.05, 0.1) is 31.2 Å². The molecular formula is C14H11N3O3. The second kappa shape index (κ2) is 5.80. The number of ether oxygens (including phenoxy) is 2. The highest BCUT2D eigenvalue weighted by molar-refractivity contribution is 5.79. The average Bonchev–Trinajstić information content (AvgIpc) is 2.53. The molecule has 6 nitrogen and oxygen atoms in total. The second-order valence-electron chi connectivity index (χ2n) is 3.79. The van der Waals surface area contributed by atoms with Crippen LogP contribution in [0, 0.1) is 11.3 Å². The fraction of sp³-hybridized carbons (Fsp3) is 0.143. The van der Waals surface area contributed by atoms with Gasteiger partial charge in [-0.2, -0.15) is 5.26 Å². The molecule has 100 valence electrons. The minimum atomic E-state index is 0.225. The Kier molecular flexibility index (Phi) is 3.91. The number of methoxy groups -OCH3 is 2. The van der Waals surface area contributed by atoms with Crippen molar-refractivity contribution in [1.29, 1.82) is 5.26 Å². The number of carbonyl (C=O) groups is 1. The zero-order valence-corrected chi connectivity index (χ0v) is 11.0. The van der Waals surface area contributed by atoms with Gasteiger partial charge in [0.2, 0.25) is 5.88 Å². The van der Waals surface area contributed by atoms with Gasteiger partial charge in [-0.25, -0.2) is 4.98 Å². The summed E-state index contributed by atoms with van der Waals surface area (Å²) in [5.74, 6) is 0.639. The highest BCUT2D eigenvalue weighted by Gasteiger charge is 2.11. The highest BCUT2D eigenvalue weighted by atomic mass is 16.5. The zero-order chi connectivity index (χ0) is 14.5. The Labute approximate surface area is 115 Å². The molecule has 0 unspecified atom stereocenters. The van der Waals surface area contributed by atoms with Crippen LogP contribution in [0.2, 0.25) is 0 Å². The van der Waals surface area contributed by atoms with E-state index in [2.05, 4.69) is 9.97 Å². The number of aromatic nitrogens is 2. The number of pyridine rings is 2. The van der Waals surface area contributed by atoms with Crippen molar-refractivity contribution >= 4 is 6.29 Å². The quantitative estimate of drug-likeness (QED) is 0.787. The van der Waals surface area contributed by atoms with Crippen molar-refractivity contribution in [2.45, 2.75) is 0 Å². The fourth-order valence-electron chi connectivity index (χ4n) is 1.68. The van der Waals surface area contributed by atoms with E-state index < -0.39 is 0 Å². The van der Waals surface area contributed by atoms with Gasteiger partial charge in [0.1, 0.15) is 17.4 Å². The Balaban J connectivity index is 2.52. The fourth-order valence-corrected chi connectivity index (χ4v) is 1.68. The van der Waals surface area contributed by atoms with Crippen LogP contribution >= 0.6 is 0 Å². The molecule has 2 aromatic rings. The van der Waals surface area contributed by atoms with E-state index in [0.29, 0.717) is 34.6 Å². The van der Waals surface area contributed by atoms with Gasteiger partial charge < -0.3 is 9.47 Å². The summed E-state index contributed by atoms with van der Waals surface area (Å²) in [7, 11) is 2.91. The van der Waals surface area contributed by atoms with Gasteiger partial charge in [-0.1, -0.05) is 0 Å². The summed E-state index contributed by atoms with van der Waals surface area (Å²) in [5.41, 5.74) is 1.75. The van der Waals surface area contributed by atoms with E-state index in [9.17, 15) is 4.79 Å². The van der Waals surface area contributed by atoms with Crippen LogP contribution in [0.4, 0.5) is 0 Å². The Bertz CT molecular complexity index is 693. The molecule has 0 aliphatic heterocycles. The first-order valence-corrected chi connectivity index (χ1v) is 5.68. The molecule has 0 amide bonds. The molecule has 0 atom stereocenters. The number of rotatable bonds is 4. The van der Waals surface area contributed by atoms with E-state index in [-0.39, 0.29) is 5.88 Å². The number of nitriles is 1. The molecule has 0 saturated heterocycles. The molecule has 2 aromatic heterocycles. The van der Waals surface area contributed by atoms with E-state index in [4.69, 9.17) is 14.7 Å². The number of hydrogen-bond donors (Lipinski definition) is 0. The smallest absolute Gasteiger partial charge is 0.224 e. The zero-order valence-electron chi connectivity index (χ0n) is 11.0. The van der Waals surface area contributed by atoms with Crippen molar-refractivity contribution in [3.8, 4) is 29.1 Å². The van der Waals surface area contributed by atoms with E-state index >= 15 is 0 Å². The Morgan fingerprint density at radius 2 is 2.05 bits per heavy atom. The maximum absolute atomic E-state index is 10.8. The first-order chi connectivity index (χ1) is 9.73. The Hall–Kier alpha value is -2.94. The number of hydrogen-bond acceptors (Lipinski definition) is 6. The molecule has 0 aliphatic rings. The molecule has 0 aliphatic carbocycles. The number of carbonyl (C=O) groups excluding carboxylic acids is 1. The molecule has 0 saturated carbocycles. The minimum Gasteiger partial charge on any atom is -0.495 e. The van der Waals surface area contributed by atoms with Crippen molar-refractivity contribution in [1.82, 2.24) is 9.97 Å². The van der Waals surface area contributed by atoms with E-state index in [1.54, 1.807) is 18.2 Å². The second-order valence-corrected chi connectivity index (χ2v) is 3.79. The maximum Gasteiger partial charge on any atom is 0.224 e. The molecule has 0 radical (unpaired) electrons. The van der Waals surface area contributed by atoms with Crippen molar-refractivity contribution < 1.29 is 14.3 Å². The predicted octanol–water partition coefficient (Wildman–Crippen LogP) is 1.84. The van der Waals surface area contributed by atoms with E-state index in [1.807, 2.05) is 6.07 Å². The van der Waals surface area contributed by atoms with Gasteiger partial charge in [-0.05, 0) is 12.1 Å². The third kappa shape index (κ3) is 2.42. The molecule has 6 heteroatoms. The van der Waals surface area contributed by atoms with Crippen LogP contribution in [0.5, 0.6) is 11.6 Å². The van der Waals surface area contributed by atoms with Gasteiger partial charge in [-0.15, -0.1) is 0 Å². The molecule has 0 bridgehead atoms. The summed E-state index contributed by atoms with van der Waals surface area (Å²) in [6.07, 6.45) is 2.08. The van der Waals surface area contributed by atoms with E-state index in [0.717, 1.165) is 0 Å². The van der Waals surface area contributed by atoms with Gasteiger partial charge in [-0.3, -0.25) is 9.78 Å². The lowest BCUT2D eigenvalue weighted by Gasteiger charge is -2.07. The summed E-state index contributed by atoms with van der Waals surface area (Å²) in [4.78, 5) is 19.2. The molecule has 0 aromatic carbocycles. The average molecular weight is 269 g/mol. The molecular weight excluding hydrogens is 258 g/mol. The van der Waals surface area contributed by atoms with Crippen molar-refractivity contribution in [2.75, 3.05) is 14.2 Å². The Morgan fingerprint density at radius 3 is 2.65 bits per heavy atom. The lowest BCUT2D eigenvalue weighted by molar-refractivity contribution is 0.112.